The fourth-order valence-electron chi connectivity index (χ4n) is 3.63. The first-order chi connectivity index (χ1) is 14.5. The van der Waals surface area contributed by atoms with Crippen LogP contribution in [0.4, 0.5) is 5.69 Å². The summed E-state index contributed by atoms with van der Waals surface area (Å²) >= 11 is 1.24. The number of carbonyl (C=O) groups excluding carboxylic acids is 2. The van der Waals surface area contributed by atoms with Gasteiger partial charge in [0.2, 0.25) is 5.91 Å². The Morgan fingerprint density at radius 1 is 1.23 bits per heavy atom. The van der Waals surface area contributed by atoms with E-state index in [1.165, 1.54) is 29.3 Å². The molecule has 1 aliphatic heterocycles. The zero-order valence-electron chi connectivity index (χ0n) is 16.8. The predicted molar refractivity (Wildman–Crippen MR) is 115 cm³/mol. The summed E-state index contributed by atoms with van der Waals surface area (Å²) in [6, 6.07) is 7.05. The SMILES string of the molecule is COc1ccccc1NC(=O)Cn1cnc2sc(C(=O)N3CCCC3)c(C)c2c1=O. The number of hydrogen-bond acceptors (Lipinski definition) is 6. The highest BCUT2D eigenvalue weighted by molar-refractivity contribution is 7.20. The quantitative estimate of drug-likeness (QED) is 0.677. The summed E-state index contributed by atoms with van der Waals surface area (Å²) in [4.78, 5) is 45.5. The Labute approximate surface area is 177 Å². The molecule has 3 aromatic rings. The fourth-order valence-corrected chi connectivity index (χ4v) is 4.74. The molecule has 30 heavy (non-hydrogen) atoms. The second-order valence-electron chi connectivity index (χ2n) is 7.16. The van der Waals surface area contributed by atoms with Gasteiger partial charge < -0.3 is 15.0 Å². The van der Waals surface area contributed by atoms with Gasteiger partial charge in [0.25, 0.3) is 11.5 Å². The van der Waals surface area contributed by atoms with Crippen LogP contribution in [-0.4, -0.2) is 46.5 Å². The molecule has 0 atom stereocenters. The molecule has 2 amide bonds. The van der Waals surface area contributed by atoms with Crippen molar-refractivity contribution in [2.24, 2.45) is 0 Å². The molecule has 156 valence electrons. The average Bonchev–Trinajstić information content (AvgIpc) is 3.39. The van der Waals surface area contributed by atoms with Crippen LogP contribution in [0.5, 0.6) is 5.75 Å². The van der Waals surface area contributed by atoms with E-state index < -0.39 is 0 Å². The highest BCUT2D eigenvalue weighted by Crippen LogP contribution is 2.29. The Morgan fingerprint density at radius 2 is 1.97 bits per heavy atom. The predicted octanol–water partition coefficient (Wildman–Crippen LogP) is 2.65. The van der Waals surface area contributed by atoms with Crippen molar-refractivity contribution >= 4 is 39.1 Å². The second kappa shape index (κ2) is 8.27. The molecule has 1 aromatic carbocycles. The van der Waals surface area contributed by atoms with Crippen molar-refractivity contribution in [3.63, 3.8) is 0 Å². The lowest BCUT2D eigenvalue weighted by molar-refractivity contribution is -0.116. The zero-order valence-corrected chi connectivity index (χ0v) is 17.6. The summed E-state index contributed by atoms with van der Waals surface area (Å²) in [5, 5.41) is 3.15. The number of aromatic nitrogens is 2. The van der Waals surface area contributed by atoms with E-state index in [4.69, 9.17) is 4.74 Å². The van der Waals surface area contributed by atoms with E-state index in [1.807, 2.05) is 4.90 Å². The van der Waals surface area contributed by atoms with E-state index in [-0.39, 0.29) is 23.9 Å². The first kappa shape index (κ1) is 20.1. The van der Waals surface area contributed by atoms with E-state index in [2.05, 4.69) is 10.3 Å². The number of rotatable bonds is 5. The Morgan fingerprint density at radius 3 is 2.70 bits per heavy atom. The lowest BCUT2D eigenvalue weighted by Crippen LogP contribution is -2.28. The number of aryl methyl sites for hydroxylation is 1. The fraction of sp³-hybridized carbons (Fsp3) is 0.333. The number of benzene rings is 1. The van der Waals surface area contributed by atoms with Crippen molar-refractivity contribution in [3.8, 4) is 5.75 Å². The van der Waals surface area contributed by atoms with Crippen molar-refractivity contribution in [2.45, 2.75) is 26.3 Å². The lowest BCUT2D eigenvalue weighted by Gasteiger charge is -2.14. The van der Waals surface area contributed by atoms with E-state index in [1.54, 1.807) is 31.2 Å². The Hall–Kier alpha value is -3.20. The molecular formula is C21H22N4O4S. The van der Waals surface area contributed by atoms with Crippen molar-refractivity contribution < 1.29 is 14.3 Å². The minimum absolute atomic E-state index is 0.0483. The third-order valence-corrected chi connectivity index (χ3v) is 6.39. The number of anilines is 1. The molecule has 0 radical (unpaired) electrons. The molecule has 1 saturated heterocycles. The normalized spacial score (nSPS) is 13.6. The molecule has 0 spiro atoms. The molecular weight excluding hydrogens is 404 g/mol. The minimum atomic E-state index is -0.371. The van der Waals surface area contributed by atoms with Crippen molar-refractivity contribution in [1.82, 2.24) is 14.5 Å². The molecule has 2 aromatic heterocycles. The Kier molecular flexibility index (Phi) is 5.54. The maximum Gasteiger partial charge on any atom is 0.264 e. The summed E-state index contributed by atoms with van der Waals surface area (Å²) in [5.41, 5.74) is 0.825. The van der Waals surface area contributed by atoms with Gasteiger partial charge in [0.15, 0.2) is 0 Å². The third kappa shape index (κ3) is 3.68. The third-order valence-electron chi connectivity index (χ3n) is 5.20. The Balaban J connectivity index is 1.60. The van der Waals surface area contributed by atoms with Crippen LogP contribution in [0.25, 0.3) is 10.2 Å². The van der Waals surface area contributed by atoms with Gasteiger partial charge in [-0.1, -0.05) is 12.1 Å². The summed E-state index contributed by atoms with van der Waals surface area (Å²) in [6.07, 6.45) is 3.36. The highest BCUT2D eigenvalue weighted by atomic mass is 32.1. The van der Waals surface area contributed by atoms with E-state index >= 15 is 0 Å². The number of ether oxygens (including phenoxy) is 1. The number of para-hydroxylation sites is 2. The molecule has 1 aliphatic rings. The molecule has 4 rings (SSSR count). The molecule has 0 aliphatic carbocycles. The van der Waals surface area contributed by atoms with Gasteiger partial charge in [-0.25, -0.2) is 4.98 Å². The number of thiophene rings is 1. The van der Waals surface area contributed by atoms with Gasteiger partial charge in [0.1, 0.15) is 17.1 Å². The average molecular weight is 426 g/mol. The minimum Gasteiger partial charge on any atom is -0.495 e. The number of amides is 2. The first-order valence-electron chi connectivity index (χ1n) is 9.70. The molecule has 0 saturated carbocycles. The van der Waals surface area contributed by atoms with Crippen LogP contribution < -0.4 is 15.6 Å². The molecule has 3 heterocycles. The number of likely N-dealkylation sites (tertiary alicyclic amines) is 1. The molecule has 1 N–H and O–H groups in total. The van der Waals surface area contributed by atoms with Crippen molar-refractivity contribution in [1.29, 1.82) is 0 Å². The van der Waals surface area contributed by atoms with E-state index in [0.29, 0.717) is 32.1 Å². The largest absolute Gasteiger partial charge is 0.495 e. The highest BCUT2D eigenvalue weighted by Gasteiger charge is 2.25. The molecule has 1 fully saturated rings. The number of methoxy groups -OCH3 is 1. The number of fused-ring (bicyclic) bond motifs is 1. The monoisotopic (exact) mass is 426 g/mol. The number of nitrogens with zero attached hydrogens (tertiary/aromatic N) is 3. The van der Waals surface area contributed by atoms with Gasteiger partial charge in [-0.3, -0.25) is 19.0 Å². The van der Waals surface area contributed by atoms with Gasteiger partial charge in [-0.05, 0) is 37.5 Å². The van der Waals surface area contributed by atoms with Crippen LogP contribution in [0, 0.1) is 6.92 Å². The standard InChI is InChI=1S/C21H22N4O4S/c1-13-17-19(30-18(13)21(28)24-9-5-6-10-24)22-12-25(20(17)27)11-16(26)23-14-7-3-4-8-15(14)29-2/h3-4,7-8,12H,5-6,9-11H2,1-2H3,(H,23,26). The maximum absolute atomic E-state index is 13.0. The number of hydrogen-bond donors (Lipinski definition) is 1. The molecule has 0 bridgehead atoms. The van der Waals surface area contributed by atoms with E-state index in [0.717, 1.165) is 25.9 Å². The number of nitrogens with one attached hydrogen (secondary N) is 1. The maximum atomic E-state index is 13.0. The first-order valence-corrected chi connectivity index (χ1v) is 10.5. The Bertz CT molecular complexity index is 1180. The van der Waals surface area contributed by atoms with E-state index in [9.17, 15) is 14.4 Å². The topological polar surface area (TPSA) is 93.5 Å². The van der Waals surface area contributed by atoms with Crippen molar-refractivity contribution in [3.05, 3.63) is 51.4 Å². The van der Waals surface area contributed by atoms with Gasteiger partial charge in [-0.2, -0.15) is 0 Å². The summed E-state index contributed by atoms with van der Waals surface area (Å²) in [5.74, 6) is 0.113. The van der Waals surface area contributed by atoms with Gasteiger partial charge in [0, 0.05) is 13.1 Å². The zero-order chi connectivity index (χ0) is 21.3. The molecule has 0 unspecified atom stereocenters. The molecule has 9 heteroatoms. The van der Waals surface area contributed by atoms with Gasteiger partial charge >= 0.3 is 0 Å². The van der Waals surface area contributed by atoms with Crippen LogP contribution in [-0.2, 0) is 11.3 Å². The van der Waals surface area contributed by atoms with Crippen LogP contribution in [0.15, 0.2) is 35.4 Å². The lowest BCUT2D eigenvalue weighted by atomic mass is 10.2. The number of carbonyl (C=O) groups is 2. The summed E-state index contributed by atoms with van der Waals surface area (Å²) in [7, 11) is 1.52. The van der Waals surface area contributed by atoms with Gasteiger partial charge in [-0.15, -0.1) is 11.3 Å². The van der Waals surface area contributed by atoms with Crippen LogP contribution in [0.1, 0.15) is 28.1 Å². The van der Waals surface area contributed by atoms with Crippen LogP contribution in [0.3, 0.4) is 0 Å². The summed E-state index contributed by atoms with van der Waals surface area (Å²) < 4.78 is 6.49. The van der Waals surface area contributed by atoms with Crippen LogP contribution in [0.2, 0.25) is 0 Å². The second-order valence-corrected chi connectivity index (χ2v) is 8.16. The smallest absolute Gasteiger partial charge is 0.264 e. The molecule has 8 nitrogen and oxygen atoms in total. The summed E-state index contributed by atoms with van der Waals surface area (Å²) in [6.45, 7) is 3.07. The van der Waals surface area contributed by atoms with Crippen molar-refractivity contribution in [2.75, 3.05) is 25.5 Å². The van der Waals surface area contributed by atoms with Gasteiger partial charge in [0.05, 0.1) is 29.4 Å². The van der Waals surface area contributed by atoms with Crippen LogP contribution >= 0.6 is 11.3 Å².